The SMILES string of the molecule is COC(=O)NC(C(=O)N1C[C@@H](COC(F)F)C[C@H]1C1=Nc2ccc3cc4c(cc3c2C1)OCc1cc(-c2cnc([C@@H]3CC[C@H](C)N3C(=O)[C@@H](NC(=O)OC)C(C)C)[nH]2)ccc1-4)C(C)C. The molecule has 1 aromatic heterocycles. The summed E-state index contributed by atoms with van der Waals surface area (Å²) in [6.07, 6.45) is 2.77. The predicted molar refractivity (Wildman–Crippen MR) is 234 cm³/mol. The number of nitrogens with one attached hydrogen (secondary N) is 3. The number of halogens is 2. The smallest absolute Gasteiger partial charge is 0.407 e. The highest BCUT2D eigenvalue weighted by molar-refractivity contribution is 6.06. The van der Waals surface area contributed by atoms with Crippen molar-refractivity contribution in [3.05, 3.63) is 65.6 Å². The second-order valence-corrected chi connectivity index (χ2v) is 17.9. The van der Waals surface area contributed by atoms with E-state index in [1.807, 2.05) is 63.8 Å². The van der Waals surface area contributed by atoms with E-state index < -0.39 is 36.9 Å². The Morgan fingerprint density at radius 3 is 2.31 bits per heavy atom. The first kappa shape index (κ1) is 44.5. The lowest BCUT2D eigenvalue weighted by Gasteiger charge is -2.32. The van der Waals surface area contributed by atoms with Gasteiger partial charge < -0.3 is 44.4 Å². The quantitative estimate of drug-likeness (QED) is 0.129. The number of aromatic nitrogens is 2. The highest BCUT2D eigenvalue weighted by Crippen LogP contribution is 2.45. The van der Waals surface area contributed by atoms with Crippen LogP contribution >= 0.6 is 0 Å². The molecule has 15 nitrogen and oxygen atoms in total. The summed E-state index contributed by atoms with van der Waals surface area (Å²) in [6, 6.07) is 12.0. The Morgan fingerprint density at radius 2 is 1.62 bits per heavy atom. The molecule has 0 radical (unpaired) electrons. The van der Waals surface area contributed by atoms with Crippen LogP contribution in [0.15, 0.2) is 53.7 Å². The molecular weight excluding hydrogens is 829 g/mol. The zero-order valence-electron chi connectivity index (χ0n) is 37.1. The van der Waals surface area contributed by atoms with Crippen molar-refractivity contribution >= 4 is 46.2 Å². The first-order valence-corrected chi connectivity index (χ1v) is 21.8. The zero-order chi connectivity index (χ0) is 45.6. The van der Waals surface area contributed by atoms with Crippen LogP contribution in [-0.4, -0.2) is 108 Å². The average Bonchev–Trinajstić information content (AvgIpc) is 4.10. The topological polar surface area (TPSA) is 177 Å². The van der Waals surface area contributed by atoms with Crippen molar-refractivity contribution in [1.82, 2.24) is 30.4 Å². The summed E-state index contributed by atoms with van der Waals surface area (Å²) in [6.45, 7) is 6.80. The van der Waals surface area contributed by atoms with Crippen molar-refractivity contribution in [2.75, 3.05) is 27.4 Å². The molecule has 17 heteroatoms. The number of amides is 4. The number of aliphatic imine (C=N–C) groups is 1. The first-order chi connectivity index (χ1) is 30.6. The average molecular weight is 884 g/mol. The molecule has 64 heavy (non-hydrogen) atoms. The molecule has 5 heterocycles. The van der Waals surface area contributed by atoms with Crippen LogP contribution in [-0.2, 0) is 36.8 Å². The van der Waals surface area contributed by atoms with E-state index in [4.69, 9.17) is 28.9 Å². The van der Waals surface area contributed by atoms with Gasteiger partial charge in [0.15, 0.2) is 0 Å². The largest absolute Gasteiger partial charge is 0.488 e. The Balaban J connectivity index is 1.02. The normalized spacial score (nSPS) is 21.0. The van der Waals surface area contributed by atoms with Crippen molar-refractivity contribution < 1.29 is 46.9 Å². The summed E-state index contributed by atoms with van der Waals surface area (Å²) < 4.78 is 46.9. The van der Waals surface area contributed by atoms with Gasteiger partial charge in [0.2, 0.25) is 11.8 Å². The molecule has 6 atom stereocenters. The van der Waals surface area contributed by atoms with Crippen molar-refractivity contribution in [3.8, 4) is 28.1 Å². The minimum atomic E-state index is -2.93. The van der Waals surface area contributed by atoms with Gasteiger partial charge in [0.05, 0.1) is 50.5 Å². The fraction of sp³-hybridized carbons (Fsp3) is 0.489. The van der Waals surface area contributed by atoms with E-state index in [0.717, 1.165) is 74.3 Å². The van der Waals surface area contributed by atoms with Crippen LogP contribution in [0.3, 0.4) is 0 Å². The zero-order valence-corrected chi connectivity index (χ0v) is 37.1. The fourth-order valence-corrected chi connectivity index (χ4v) is 9.72. The van der Waals surface area contributed by atoms with E-state index in [9.17, 15) is 28.0 Å². The van der Waals surface area contributed by atoms with Crippen LogP contribution in [0.25, 0.3) is 33.2 Å². The number of H-pyrrole nitrogens is 1. The van der Waals surface area contributed by atoms with Crippen LogP contribution in [0.1, 0.15) is 76.9 Å². The van der Waals surface area contributed by atoms with Crippen LogP contribution < -0.4 is 15.4 Å². The molecule has 2 saturated heterocycles. The summed E-state index contributed by atoms with van der Waals surface area (Å²) in [5.41, 5.74) is 7.23. The van der Waals surface area contributed by atoms with Crippen LogP contribution in [0.4, 0.5) is 24.1 Å². The van der Waals surface area contributed by atoms with E-state index in [0.29, 0.717) is 25.3 Å². The summed E-state index contributed by atoms with van der Waals surface area (Å²) in [5.74, 6) is 0.137. The Kier molecular flexibility index (Phi) is 12.6. The van der Waals surface area contributed by atoms with Gasteiger partial charge in [-0.2, -0.15) is 8.78 Å². The monoisotopic (exact) mass is 883 g/mol. The Bertz CT molecular complexity index is 2490. The van der Waals surface area contributed by atoms with E-state index in [1.54, 1.807) is 11.1 Å². The summed E-state index contributed by atoms with van der Waals surface area (Å²) in [4.78, 5) is 69.0. The van der Waals surface area contributed by atoms with Crippen molar-refractivity contribution in [2.24, 2.45) is 22.7 Å². The first-order valence-electron chi connectivity index (χ1n) is 21.8. The van der Waals surface area contributed by atoms with Crippen molar-refractivity contribution in [2.45, 2.75) is 104 Å². The standard InChI is InChI=1S/C47H55F2N7O8/c1-23(2)40(53-46(59)61-6)43(57)55-20-26(21-64-45(48)49)14-38(55)35-17-32-31-18-39-33(16-27(31)10-12-34(32)51-35)30-11-9-28(15-29(30)22-63-39)36-19-50-42(52-36)37-13-8-25(5)56(37)44(58)41(24(3)4)54-47(60)62-7/h9-12,15-16,18-19,23-26,37-38,40-41,45H,8,13-14,17,20-22H2,1-7H3,(H,50,52)(H,53,59)(H,54,60)/t25-,26-,37-,38-,40?,41-/m0/s1. The molecule has 3 aromatic carbocycles. The minimum absolute atomic E-state index is 0.0381. The highest BCUT2D eigenvalue weighted by atomic mass is 19.3. The molecule has 0 aliphatic carbocycles. The number of fused-ring (bicyclic) bond motifs is 6. The molecule has 3 N–H and O–H groups in total. The number of carbonyl (C=O) groups excluding carboxylic acids is 4. The predicted octanol–water partition coefficient (Wildman–Crippen LogP) is 7.69. The summed E-state index contributed by atoms with van der Waals surface area (Å²) >= 11 is 0. The maximum atomic E-state index is 14.1. The van der Waals surface area contributed by atoms with Gasteiger partial charge in [-0.3, -0.25) is 14.6 Å². The van der Waals surface area contributed by atoms with Gasteiger partial charge in [0, 0.05) is 36.2 Å². The van der Waals surface area contributed by atoms with Gasteiger partial charge >= 0.3 is 18.8 Å². The summed E-state index contributed by atoms with van der Waals surface area (Å²) in [5, 5.41) is 7.32. The number of carbonyl (C=O) groups is 4. The Labute approximate surface area is 370 Å². The number of hydrogen-bond acceptors (Lipinski definition) is 10. The number of ether oxygens (including phenoxy) is 4. The van der Waals surface area contributed by atoms with Crippen molar-refractivity contribution in [3.63, 3.8) is 0 Å². The van der Waals surface area contributed by atoms with Crippen LogP contribution in [0.5, 0.6) is 5.75 Å². The molecule has 0 bridgehead atoms. The highest BCUT2D eigenvalue weighted by Gasteiger charge is 2.44. The molecule has 340 valence electrons. The third-order valence-electron chi connectivity index (χ3n) is 13.0. The second kappa shape index (κ2) is 18.2. The number of nitrogens with zero attached hydrogens (tertiary/aromatic N) is 4. The lowest BCUT2D eigenvalue weighted by molar-refractivity contribution is -0.139. The van der Waals surface area contributed by atoms with E-state index in [2.05, 4.69) is 33.8 Å². The third kappa shape index (κ3) is 8.61. The number of imidazole rings is 1. The minimum Gasteiger partial charge on any atom is -0.488 e. The van der Waals surface area contributed by atoms with Gasteiger partial charge in [0.25, 0.3) is 0 Å². The number of rotatable bonds is 12. The lowest BCUT2D eigenvalue weighted by Crippen LogP contribution is -2.53. The number of alkyl halides is 2. The van der Waals surface area contributed by atoms with E-state index in [-0.39, 0.29) is 54.8 Å². The molecule has 4 aliphatic rings. The van der Waals surface area contributed by atoms with Crippen LogP contribution in [0, 0.1) is 17.8 Å². The fourth-order valence-electron chi connectivity index (χ4n) is 9.72. The lowest BCUT2D eigenvalue weighted by atomic mass is 9.90. The van der Waals surface area contributed by atoms with Gasteiger partial charge in [-0.05, 0) is 95.3 Å². The summed E-state index contributed by atoms with van der Waals surface area (Å²) in [7, 11) is 2.51. The molecule has 4 aliphatic heterocycles. The molecule has 4 aromatic rings. The van der Waals surface area contributed by atoms with E-state index >= 15 is 0 Å². The van der Waals surface area contributed by atoms with Crippen molar-refractivity contribution in [1.29, 1.82) is 0 Å². The number of aromatic amines is 1. The van der Waals surface area contributed by atoms with Gasteiger partial charge in [-0.1, -0.05) is 45.9 Å². The molecule has 0 spiro atoms. The second-order valence-electron chi connectivity index (χ2n) is 17.9. The van der Waals surface area contributed by atoms with Gasteiger partial charge in [0.1, 0.15) is 30.3 Å². The van der Waals surface area contributed by atoms with E-state index in [1.165, 1.54) is 14.2 Å². The number of hydrogen-bond donors (Lipinski definition) is 3. The molecular formula is C47H55F2N7O8. The maximum absolute atomic E-state index is 14.1. The molecule has 0 saturated carbocycles. The molecule has 1 unspecified atom stereocenters. The number of methoxy groups -OCH3 is 2. The molecule has 4 amide bonds. The number of likely N-dealkylation sites (tertiary alicyclic amines) is 2. The Hall–Kier alpha value is -6.10. The third-order valence-corrected chi connectivity index (χ3v) is 13.0. The number of benzene rings is 3. The molecule has 8 rings (SSSR count). The van der Waals surface area contributed by atoms with Gasteiger partial charge in [-0.15, -0.1) is 0 Å². The van der Waals surface area contributed by atoms with Crippen LogP contribution in [0.2, 0.25) is 0 Å². The maximum Gasteiger partial charge on any atom is 0.407 e. The van der Waals surface area contributed by atoms with Gasteiger partial charge in [-0.25, -0.2) is 14.6 Å². The molecule has 2 fully saturated rings. The Morgan fingerprint density at radius 1 is 0.906 bits per heavy atom. The number of alkyl carbamates (subject to hydrolysis) is 2.